The minimum atomic E-state index is -0.0110. The highest BCUT2D eigenvalue weighted by atomic mass is 35.5. The first kappa shape index (κ1) is 14.0. The van der Waals surface area contributed by atoms with Crippen LogP contribution in [-0.4, -0.2) is 29.2 Å². The molecular formula is C11H15ClN2O2S. The van der Waals surface area contributed by atoms with Crippen molar-refractivity contribution in [3.63, 3.8) is 0 Å². The lowest BCUT2D eigenvalue weighted by Gasteiger charge is -2.08. The van der Waals surface area contributed by atoms with Crippen molar-refractivity contribution in [3.8, 4) is 5.75 Å². The summed E-state index contributed by atoms with van der Waals surface area (Å²) in [4.78, 5) is 0. The average Bonchev–Trinajstić information content (AvgIpc) is 2.34. The van der Waals surface area contributed by atoms with Crippen molar-refractivity contribution in [1.29, 1.82) is 0 Å². The van der Waals surface area contributed by atoms with Gasteiger partial charge in [-0.05, 0) is 24.0 Å². The Morgan fingerprint density at radius 1 is 1.59 bits per heavy atom. The van der Waals surface area contributed by atoms with Gasteiger partial charge in [-0.1, -0.05) is 23.7 Å². The van der Waals surface area contributed by atoms with Gasteiger partial charge in [-0.25, -0.2) is 0 Å². The van der Waals surface area contributed by atoms with Crippen molar-refractivity contribution in [2.24, 2.45) is 10.9 Å². The molecule has 0 bridgehead atoms. The van der Waals surface area contributed by atoms with Crippen LogP contribution in [-0.2, 0) is 0 Å². The van der Waals surface area contributed by atoms with E-state index in [9.17, 15) is 0 Å². The number of oxime groups is 1. The zero-order chi connectivity index (χ0) is 12.7. The summed E-state index contributed by atoms with van der Waals surface area (Å²) < 4.78 is 5.51. The highest BCUT2D eigenvalue weighted by Gasteiger charge is 2.06. The highest BCUT2D eigenvalue weighted by molar-refractivity contribution is 7.99. The van der Waals surface area contributed by atoms with Crippen molar-refractivity contribution < 1.29 is 9.94 Å². The molecule has 6 heteroatoms. The Labute approximate surface area is 110 Å². The fraction of sp³-hybridized carbons (Fsp3) is 0.364. The second kappa shape index (κ2) is 7.29. The van der Waals surface area contributed by atoms with E-state index in [2.05, 4.69) is 12.1 Å². The number of hydrogen-bond acceptors (Lipinski definition) is 4. The van der Waals surface area contributed by atoms with Gasteiger partial charge in [-0.15, -0.1) is 0 Å². The van der Waals surface area contributed by atoms with Crippen molar-refractivity contribution >= 4 is 29.2 Å². The van der Waals surface area contributed by atoms with Gasteiger partial charge in [0.25, 0.3) is 0 Å². The summed E-state index contributed by atoms with van der Waals surface area (Å²) in [5.74, 6) is 2.69. The maximum Gasteiger partial charge on any atom is 0.171 e. The number of nitrogens with two attached hydrogens (primary N) is 1. The summed E-state index contributed by atoms with van der Waals surface area (Å²) in [6.07, 6.45) is 0. The molecule has 1 rings (SSSR count). The summed E-state index contributed by atoms with van der Waals surface area (Å²) in [6, 6.07) is 5.07. The van der Waals surface area contributed by atoms with Crippen LogP contribution >= 0.6 is 23.4 Å². The van der Waals surface area contributed by atoms with E-state index in [1.165, 1.54) is 0 Å². The lowest BCUT2D eigenvalue weighted by atomic mass is 10.2. The second-order valence-electron chi connectivity index (χ2n) is 3.17. The van der Waals surface area contributed by atoms with Crippen molar-refractivity contribution in [2.45, 2.75) is 6.92 Å². The summed E-state index contributed by atoms with van der Waals surface area (Å²) >= 11 is 7.80. The predicted octanol–water partition coefficient (Wildman–Crippen LogP) is 2.57. The SMILES string of the molecule is CCSCCOc1ccc(/C(N)=N/O)c(Cl)c1. The van der Waals surface area contributed by atoms with E-state index in [-0.39, 0.29) is 5.84 Å². The maximum atomic E-state index is 8.55. The average molecular weight is 275 g/mol. The van der Waals surface area contributed by atoms with E-state index < -0.39 is 0 Å². The Morgan fingerprint density at radius 2 is 2.35 bits per heavy atom. The molecule has 3 N–H and O–H groups in total. The molecule has 4 nitrogen and oxygen atoms in total. The van der Waals surface area contributed by atoms with E-state index >= 15 is 0 Å². The molecule has 0 aliphatic heterocycles. The Bertz CT molecular complexity index is 399. The number of nitrogens with zero attached hydrogens (tertiary/aromatic N) is 1. The highest BCUT2D eigenvalue weighted by Crippen LogP contribution is 2.22. The van der Waals surface area contributed by atoms with Crippen LogP contribution in [0.2, 0.25) is 5.02 Å². The molecule has 0 fully saturated rings. The smallest absolute Gasteiger partial charge is 0.171 e. The molecule has 1 aromatic rings. The van der Waals surface area contributed by atoms with Gasteiger partial charge < -0.3 is 15.7 Å². The molecule has 0 aliphatic rings. The van der Waals surface area contributed by atoms with E-state index in [0.717, 1.165) is 11.5 Å². The van der Waals surface area contributed by atoms with E-state index in [1.807, 2.05) is 11.8 Å². The van der Waals surface area contributed by atoms with Crippen LogP contribution in [0.1, 0.15) is 12.5 Å². The molecule has 17 heavy (non-hydrogen) atoms. The van der Waals surface area contributed by atoms with Crippen LogP contribution in [0, 0.1) is 0 Å². The third-order valence-electron chi connectivity index (χ3n) is 2.02. The molecule has 0 radical (unpaired) electrons. The Morgan fingerprint density at radius 3 is 2.94 bits per heavy atom. The normalized spacial score (nSPS) is 11.5. The van der Waals surface area contributed by atoms with Gasteiger partial charge in [0.2, 0.25) is 0 Å². The molecule has 1 aromatic carbocycles. The standard InChI is InChI=1S/C11H15ClN2O2S/c1-2-17-6-5-16-8-3-4-9(10(12)7-8)11(13)14-15/h3-4,7,15H,2,5-6H2,1H3,(H2,13,14). The van der Waals surface area contributed by atoms with Gasteiger partial charge in [0.15, 0.2) is 5.84 Å². The molecular weight excluding hydrogens is 260 g/mol. The molecule has 0 spiro atoms. The summed E-state index contributed by atoms with van der Waals surface area (Å²) in [6.45, 7) is 2.74. The number of benzene rings is 1. The zero-order valence-electron chi connectivity index (χ0n) is 9.52. The van der Waals surface area contributed by atoms with Gasteiger partial charge in [0.1, 0.15) is 5.75 Å². The molecule has 94 valence electrons. The van der Waals surface area contributed by atoms with E-state index in [1.54, 1.807) is 18.2 Å². The van der Waals surface area contributed by atoms with Gasteiger partial charge in [-0.3, -0.25) is 0 Å². The molecule has 0 heterocycles. The number of hydrogen-bond donors (Lipinski definition) is 2. The largest absolute Gasteiger partial charge is 0.493 e. The van der Waals surface area contributed by atoms with E-state index in [0.29, 0.717) is 22.9 Å². The monoisotopic (exact) mass is 274 g/mol. The van der Waals surface area contributed by atoms with Gasteiger partial charge in [0.05, 0.1) is 11.6 Å². The topological polar surface area (TPSA) is 67.8 Å². The van der Waals surface area contributed by atoms with Crippen LogP contribution < -0.4 is 10.5 Å². The van der Waals surface area contributed by atoms with Crippen LogP contribution in [0.5, 0.6) is 5.75 Å². The van der Waals surface area contributed by atoms with Crippen molar-refractivity contribution in [2.75, 3.05) is 18.1 Å². The van der Waals surface area contributed by atoms with Gasteiger partial charge >= 0.3 is 0 Å². The summed E-state index contributed by atoms with van der Waals surface area (Å²) in [7, 11) is 0. The molecule has 0 amide bonds. The van der Waals surface area contributed by atoms with Crippen molar-refractivity contribution in [1.82, 2.24) is 0 Å². The number of amidine groups is 1. The lowest BCUT2D eigenvalue weighted by molar-refractivity contribution is 0.318. The quantitative estimate of drug-likeness (QED) is 0.275. The summed E-state index contributed by atoms with van der Waals surface area (Å²) in [5, 5.41) is 11.9. The van der Waals surface area contributed by atoms with Gasteiger partial charge in [-0.2, -0.15) is 11.8 Å². The van der Waals surface area contributed by atoms with Crippen LogP contribution in [0.25, 0.3) is 0 Å². The van der Waals surface area contributed by atoms with Gasteiger partial charge in [0, 0.05) is 11.3 Å². The first-order valence-electron chi connectivity index (χ1n) is 5.17. The Kier molecular flexibility index (Phi) is 6.00. The molecule has 0 atom stereocenters. The molecule has 0 unspecified atom stereocenters. The fourth-order valence-corrected chi connectivity index (χ4v) is 1.97. The fourth-order valence-electron chi connectivity index (χ4n) is 1.21. The maximum absolute atomic E-state index is 8.55. The first-order valence-corrected chi connectivity index (χ1v) is 6.70. The first-order chi connectivity index (χ1) is 8.19. The minimum absolute atomic E-state index is 0.0110. The molecule has 0 aromatic heterocycles. The summed E-state index contributed by atoms with van der Waals surface area (Å²) in [5.41, 5.74) is 5.95. The number of halogens is 1. The third kappa shape index (κ3) is 4.36. The lowest BCUT2D eigenvalue weighted by Crippen LogP contribution is -2.13. The number of rotatable bonds is 6. The Hall–Kier alpha value is -1.07. The van der Waals surface area contributed by atoms with Crippen LogP contribution in [0.15, 0.2) is 23.4 Å². The number of ether oxygens (including phenoxy) is 1. The van der Waals surface area contributed by atoms with Crippen LogP contribution in [0.4, 0.5) is 0 Å². The molecule has 0 saturated carbocycles. The van der Waals surface area contributed by atoms with E-state index in [4.69, 9.17) is 27.3 Å². The van der Waals surface area contributed by atoms with Crippen LogP contribution in [0.3, 0.4) is 0 Å². The molecule has 0 aliphatic carbocycles. The molecule has 0 saturated heterocycles. The number of thioether (sulfide) groups is 1. The zero-order valence-corrected chi connectivity index (χ0v) is 11.1. The predicted molar refractivity (Wildman–Crippen MR) is 72.5 cm³/mol. The van der Waals surface area contributed by atoms with Crippen molar-refractivity contribution in [3.05, 3.63) is 28.8 Å². The second-order valence-corrected chi connectivity index (χ2v) is 4.97. The minimum Gasteiger partial charge on any atom is -0.493 e. The Balaban J connectivity index is 2.63. The third-order valence-corrected chi connectivity index (χ3v) is 3.20.